The van der Waals surface area contributed by atoms with Crippen molar-refractivity contribution in [3.8, 4) is 0 Å². The lowest BCUT2D eigenvalue weighted by Gasteiger charge is -2.06. The lowest BCUT2D eigenvalue weighted by Crippen LogP contribution is -1.96. The zero-order valence-electron chi connectivity index (χ0n) is 9.68. The van der Waals surface area contributed by atoms with Crippen LogP contribution in [0.15, 0.2) is 56.7 Å². The summed E-state index contributed by atoms with van der Waals surface area (Å²) in [5.41, 5.74) is 1.47. The predicted octanol–water partition coefficient (Wildman–Crippen LogP) is 4.61. The Hall–Kier alpha value is -1.26. The molecule has 0 spiro atoms. The molecule has 0 aliphatic heterocycles. The summed E-state index contributed by atoms with van der Waals surface area (Å²) < 4.78 is 0.776. The number of aromatic carboxylic acids is 1. The normalized spacial score (nSPS) is 10.3. The number of hydrogen-bond acceptors (Lipinski definition) is 2. The highest BCUT2D eigenvalue weighted by atomic mass is 79.9. The van der Waals surface area contributed by atoms with Gasteiger partial charge in [0.1, 0.15) is 0 Å². The number of benzene rings is 2. The minimum Gasteiger partial charge on any atom is -0.478 e. The third-order valence-electron chi connectivity index (χ3n) is 2.44. The molecule has 0 aliphatic rings. The molecule has 92 valence electrons. The molecule has 0 amide bonds. The molecule has 1 N–H and O–H groups in total. The van der Waals surface area contributed by atoms with Gasteiger partial charge in [-0.2, -0.15) is 0 Å². The lowest BCUT2D eigenvalue weighted by molar-refractivity contribution is 0.0696. The van der Waals surface area contributed by atoms with Crippen LogP contribution in [0, 0.1) is 6.92 Å². The van der Waals surface area contributed by atoms with Crippen LogP contribution in [-0.2, 0) is 0 Å². The Morgan fingerprint density at radius 1 is 1.22 bits per heavy atom. The van der Waals surface area contributed by atoms with Crippen LogP contribution in [-0.4, -0.2) is 11.1 Å². The SMILES string of the molecule is Cc1ccccc1Sc1cc(Br)cc(C(=O)O)c1. The third-order valence-corrected chi connectivity index (χ3v) is 4.05. The van der Waals surface area contributed by atoms with Gasteiger partial charge in [0.15, 0.2) is 0 Å². The summed E-state index contributed by atoms with van der Waals surface area (Å²) in [6.45, 7) is 2.04. The highest BCUT2D eigenvalue weighted by Crippen LogP contribution is 2.32. The van der Waals surface area contributed by atoms with Crippen molar-refractivity contribution in [2.45, 2.75) is 16.7 Å². The molecule has 0 atom stereocenters. The van der Waals surface area contributed by atoms with Crippen molar-refractivity contribution in [1.29, 1.82) is 0 Å². The molecule has 0 aromatic heterocycles. The predicted molar refractivity (Wildman–Crippen MR) is 76.4 cm³/mol. The Balaban J connectivity index is 2.35. The smallest absolute Gasteiger partial charge is 0.335 e. The molecule has 0 saturated heterocycles. The Kier molecular flexibility index (Phi) is 4.09. The number of hydrogen-bond donors (Lipinski definition) is 1. The molecule has 2 nitrogen and oxygen atoms in total. The molecule has 2 aromatic carbocycles. The summed E-state index contributed by atoms with van der Waals surface area (Å²) in [5, 5.41) is 9.02. The van der Waals surface area contributed by atoms with E-state index in [9.17, 15) is 4.79 Å². The first-order valence-electron chi connectivity index (χ1n) is 5.33. The number of carbonyl (C=O) groups is 1. The van der Waals surface area contributed by atoms with Gasteiger partial charge in [-0.1, -0.05) is 45.9 Å². The summed E-state index contributed by atoms with van der Waals surface area (Å²) in [7, 11) is 0. The maximum absolute atomic E-state index is 11.0. The first kappa shape index (κ1) is 13.2. The Bertz CT molecular complexity index is 596. The van der Waals surface area contributed by atoms with Crippen LogP contribution in [0.3, 0.4) is 0 Å². The summed E-state index contributed by atoms with van der Waals surface area (Å²) in [6.07, 6.45) is 0. The van der Waals surface area contributed by atoms with Crippen LogP contribution in [0.4, 0.5) is 0 Å². The number of halogens is 1. The van der Waals surface area contributed by atoms with E-state index in [1.807, 2.05) is 37.3 Å². The zero-order chi connectivity index (χ0) is 13.1. The molecular weight excluding hydrogens is 312 g/mol. The van der Waals surface area contributed by atoms with E-state index in [1.54, 1.807) is 23.9 Å². The largest absolute Gasteiger partial charge is 0.478 e. The molecule has 0 fully saturated rings. The minimum atomic E-state index is -0.914. The van der Waals surface area contributed by atoms with Gasteiger partial charge in [-0.15, -0.1) is 0 Å². The lowest BCUT2D eigenvalue weighted by atomic mass is 10.2. The topological polar surface area (TPSA) is 37.3 Å². The van der Waals surface area contributed by atoms with Gasteiger partial charge >= 0.3 is 5.97 Å². The van der Waals surface area contributed by atoms with Crippen LogP contribution >= 0.6 is 27.7 Å². The molecule has 4 heteroatoms. The van der Waals surface area contributed by atoms with E-state index in [-0.39, 0.29) is 0 Å². The molecule has 0 heterocycles. The molecule has 0 saturated carbocycles. The van der Waals surface area contributed by atoms with Gasteiger partial charge in [0.25, 0.3) is 0 Å². The van der Waals surface area contributed by atoms with Crippen molar-refractivity contribution in [2.75, 3.05) is 0 Å². The van der Waals surface area contributed by atoms with Crippen molar-refractivity contribution in [3.05, 3.63) is 58.1 Å². The van der Waals surface area contributed by atoms with Gasteiger partial charge in [-0.3, -0.25) is 0 Å². The molecule has 2 aromatic rings. The van der Waals surface area contributed by atoms with E-state index in [2.05, 4.69) is 15.9 Å². The second kappa shape index (κ2) is 5.59. The molecule has 0 bridgehead atoms. The monoisotopic (exact) mass is 322 g/mol. The Morgan fingerprint density at radius 3 is 2.61 bits per heavy atom. The fraction of sp³-hybridized carbons (Fsp3) is 0.0714. The van der Waals surface area contributed by atoms with E-state index in [1.165, 1.54) is 5.56 Å². The first-order valence-corrected chi connectivity index (χ1v) is 6.94. The van der Waals surface area contributed by atoms with Gasteiger partial charge in [-0.05, 0) is 36.8 Å². The summed E-state index contributed by atoms with van der Waals surface area (Å²) in [5.74, 6) is -0.914. The molecule has 0 radical (unpaired) electrons. The van der Waals surface area contributed by atoms with Crippen LogP contribution in [0.25, 0.3) is 0 Å². The van der Waals surface area contributed by atoms with Crippen molar-refractivity contribution in [2.24, 2.45) is 0 Å². The maximum Gasteiger partial charge on any atom is 0.335 e. The molecule has 0 unspecified atom stereocenters. The van der Waals surface area contributed by atoms with Crippen LogP contribution in [0.5, 0.6) is 0 Å². The second-order valence-electron chi connectivity index (χ2n) is 3.85. The van der Waals surface area contributed by atoms with Gasteiger partial charge < -0.3 is 5.11 Å². The summed E-state index contributed by atoms with van der Waals surface area (Å²) >= 11 is 4.90. The quantitative estimate of drug-likeness (QED) is 0.896. The molecule has 18 heavy (non-hydrogen) atoms. The highest BCUT2D eigenvalue weighted by Gasteiger charge is 2.08. The van der Waals surface area contributed by atoms with Gasteiger partial charge in [-0.25, -0.2) is 4.79 Å². The summed E-state index contributed by atoms with van der Waals surface area (Å²) in [6, 6.07) is 13.2. The average molecular weight is 323 g/mol. The standard InChI is InChI=1S/C14H11BrO2S/c1-9-4-2-3-5-13(9)18-12-7-10(14(16)17)6-11(15)8-12/h2-8H,1H3,(H,16,17). The van der Waals surface area contributed by atoms with Crippen molar-refractivity contribution >= 4 is 33.7 Å². The van der Waals surface area contributed by atoms with Crippen LogP contribution in [0.1, 0.15) is 15.9 Å². The zero-order valence-corrected chi connectivity index (χ0v) is 12.1. The highest BCUT2D eigenvalue weighted by molar-refractivity contribution is 9.10. The number of rotatable bonds is 3. The average Bonchev–Trinajstić information content (AvgIpc) is 2.31. The minimum absolute atomic E-state index is 0.292. The first-order chi connectivity index (χ1) is 8.56. The van der Waals surface area contributed by atoms with E-state index < -0.39 is 5.97 Å². The number of aryl methyl sites for hydroxylation is 1. The number of carboxylic acid groups (broad SMARTS) is 1. The van der Waals surface area contributed by atoms with Crippen LogP contribution in [0.2, 0.25) is 0 Å². The molecular formula is C14H11BrO2S. The van der Waals surface area contributed by atoms with Crippen LogP contribution < -0.4 is 0 Å². The van der Waals surface area contributed by atoms with Crippen molar-refractivity contribution in [1.82, 2.24) is 0 Å². The Labute approximate surface area is 118 Å². The third kappa shape index (κ3) is 3.15. The van der Waals surface area contributed by atoms with E-state index in [4.69, 9.17) is 5.11 Å². The van der Waals surface area contributed by atoms with Gasteiger partial charge in [0.05, 0.1) is 5.56 Å². The van der Waals surface area contributed by atoms with Gasteiger partial charge in [0.2, 0.25) is 0 Å². The van der Waals surface area contributed by atoms with Crippen molar-refractivity contribution in [3.63, 3.8) is 0 Å². The number of carboxylic acids is 1. The Morgan fingerprint density at radius 2 is 1.94 bits per heavy atom. The van der Waals surface area contributed by atoms with E-state index in [0.29, 0.717) is 5.56 Å². The molecule has 0 aliphatic carbocycles. The van der Waals surface area contributed by atoms with Gasteiger partial charge in [0, 0.05) is 14.3 Å². The van der Waals surface area contributed by atoms with Crippen molar-refractivity contribution < 1.29 is 9.90 Å². The molecule has 2 rings (SSSR count). The fourth-order valence-electron chi connectivity index (χ4n) is 1.54. The van der Waals surface area contributed by atoms with E-state index in [0.717, 1.165) is 14.3 Å². The fourth-order valence-corrected chi connectivity index (χ4v) is 3.19. The van der Waals surface area contributed by atoms with E-state index >= 15 is 0 Å². The second-order valence-corrected chi connectivity index (χ2v) is 5.88. The maximum atomic E-state index is 11.0. The summed E-state index contributed by atoms with van der Waals surface area (Å²) in [4.78, 5) is 13.0.